The monoisotopic (exact) mass is 1440 g/mol. The quantitative estimate of drug-likeness (QED) is 0.0580. The van der Waals surface area contributed by atoms with E-state index in [2.05, 4.69) is 10.1 Å². The first-order chi connectivity index (χ1) is 51.1. The van der Waals surface area contributed by atoms with Crippen LogP contribution < -0.4 is 24.3 Å². The van der Waals surface area contributed by atoms with Crippen LogP contribution in [0.2, 0.25) is 0 Å². The second kappa shape index (κ2) is 43.0. The summed E-state index contributed by atoms with van der Waals surface area (Å²) in [5.74, 6) is -8.20. The maximum absolute atomic E-state index is 13.7. The summed E-state index contributed by atoms with van der Waals surface area (Å²) in [5, 5.41) is 72.2. The Bertz CT molecular complexity index is 5030. The van der Waals surface area contributed by atoms with Crippen molar-refractivity contribution in [3.8, 4) is 94.2 Å². The molecule has 0 aromatic heterocycles. The highest BCUT2D eigenvalue weighted by molar-refractivity contribution is 6.11. The van der Waals surface area contributed by atoms with Gasteiger partial charge in [0.25, 0.3) is 5.91 Å². The number of rotatable bonds is 14. The number of hydrogen-bond acceptors (Lipinski definition) is 18. The zero-order valence-electron chi connectivity index (χ0n) is 55.5. The van der Waals surface area contributed by atoms with Crippen LogP contribution in [0, 0.1) is 126 Å². The average Bonchev–Trinajstić information content (AvgIpc) is 0.804. The predicted octanol–water partition coefficient (Wildman–Crippen LogP) is 17.1. The van der Waals surface area contributed by atoms with Crippen LogP contribution in [0.4, 0.5) is 35.1 Å². The number of esters is 2. The smallest absolute Gasteiger partial charge is 0.327 e. The molecular weight excluding hydrogens is 1390 g/mol. The van der Waals surface area contributed by atoms with E-state index in [0.717, 1.165) is 18.2 Å². The van der Waals surface area contributed by atoms with Crippen LogP contribution in [-0.4, -0.2) is 42.1 Å². The Morgan fingerprint density at radius 2 is 0.802 bits per heavy atom. The number of carbonyl (C=O) groups excluding carboxylic acids is 4. The summed E-state index contributed by atoms with van der Waals surface area (Å²) >= 11 is 0. The highest BCUT2D eigenvalue weighted by Crippen LogP contribution is 2.35. The van der Waals surface area contributed by atoms with Crippen LogP contribution >= 0.6 is 0 Å². The molecule has 0 spiro atoms. The van der Waals surface area contributed by atoms with Gasteiger partial charge in [-0.25, -0.2) is 35.1 Å². The highest BCUT2D eigenvalue weighted by atomic mass is 19.2. The standard InChI is InChI=1S/C18H13FN2O3.C15H9FN2O.C15H10FNO3.C13H7F2NO.C7H3F2N.C6H5FO.C5H7NO2/c1-2-23-18(22)14(11-21)12-6-5-9-16(13(12)10-20)24-17-8-4-3-7-15(17)19;16-13-5-1-2-6-15(13)19-14-7-3-4-11(8-9-17)12(14)10-18;16-10-5-1-2-6-11(10)20-12-7-3-4-9-8-13(18)17-15(19)14(9)12;14-10-5-3-7-12(9(10)8-16)17-13-6-2-1-4-11(13)15;8-6-2-1-3-7(9)5(6)4-10;7-5-3-1-2-4-6(5)8;1-2-8-5(7)3-4-6/h3-9,14H,2H2,1H3;1-7H,8H2;1-7H,8H2,(H,17,18,19);1-7H;1-3H;1-4,8H;2-3H2,1H3. The molecule has 0 fully saturated rings. The van der Waals surface area contributed by atoms with Crippen molar-refractivity contribution in [1.29, 1.82) is 36.8 Å². The SMILES string of the molecule is CCOC(=O)C(C#N)c1cccc(Oc2ccccc2F)c1C#N.CCOC(=O)CC#N.N#CCc1cccc(Oc2ccccc2F)c1C#N.N#Cc1c(F)cccc1F.N#Cc1c(F)cccc1Oc1ccccc1F.O=C1Cc2cccc(Oc3ccccc3F)c2C(=O)N1.Oc1ccccc1F. The number of phenols is 1. The van der Waals surface area contributed by atoms with Gasteiger partial charge in [0.1, 0.15) is 82.3 Å². The van der Waals surface area contributed by atoms with E-state index in [1.807, 2.05) is 24.3 Å². The van der Waals surface area contributed by atoms with Gasteiger partial charge in [-0.3, -0.25) is 24.5 Å². The van der Waals surface area contributed by atoms with Gasteiger partial charge in [0.15, 0.2) is 63.8 Å². The molecule has 0 saturated carbocycles. The van der Waals surface area contributed by atoms with Gasteiger partial charge in [-0.1, -0.05) is 109 Å². The molecule has 0 aliphatic carbocycles. The fourth-order valence-corrected chi connectivity index (χ4v) is 8.58. The van der Waals surface area contributed by atoms with Crippen molar-refractivity contribution in [2.24, 2.45) is 0 Å². The van der Waals surface area contributed by atoms with E-state index in [0.29, 0.717) is 17.7 Å². The number of benzene rings is 10. The zero-order valence-corrected chi connectivity index (χ0v) is 55.5. The molecule has 532 valence electrons. The molecule has 0 saturated heterocycles. The van der Waals surface area contributed by atoms with E-state index in [4.69, 9.17) is 55.1 Å². The normalized spacial score (nSPS) is 10.4. The Morgan fingerprint density at radius 3 is 1.22 bits per heavy atom. The molecule has 2 amide bonds. The summed E-state index contributed by atoms with van der Waals surface area (Å²) in [6.07, 6.45) is 0.0702. The Balaban J connectivity index is 0.000000229. The summed E-state index contributed by atoms with van der Waals surface area (Å²) in [7, 11) is 0. The van der Waals surface area contributed by atoms with Crippen LogP contribution in [0.5, 0.6) is 51.7 Å². The molecule has 19 nitrogen and oxygen atoms in total. The van der Waals surface area contributed by atoms with E-state index >= 15 is 0 Å². The van der Waals surface area contributed by atoms with Crippen molar-refractivity contribution in [2.75, 3.05) is 13.2 Å². The minimum Gasteiger partial charge on any atom is -0.505 e. The Labute approximate surface area is 601 Å². The van der Waals surface area contributed by atoms with Crippen LogP contribution in [0.15, 0.2) is 212 Å². The number of amides is 2. The number of ether oxygens (including phenoxy) is 6. The van der Waals surface area contributed by atoms with Crippen molar-refractivity contribution in [2.45, 2.75) is 39.0 Å². The molecule has 1 heterocycles. The first-order valence-corrected chi connectivity index (χ1v) is 30.7. The van der Waals surface area contributed by atoms with Gasteiger partial charge in [-0.05, 0) is 128 Å². The van der Waals surface area contributed by atoms with E-state index in [1.54, 1.807) is 105 Å². The summed E-state index contributed by atoms with van der Waals surface area (Å²) in [6, 6.07) is 63.0. The van der Waals surface area contributed by atoms with Crippen LogP contribution in [0.25, 0.3) is 0 Å². The molecule has 1 atom stereocenters. The third-order valence-electron chi connectivity index (χ3n) is 13.3. The Morgan fingerprint density at radius 1 is 0.425 bits per heavy atom. The van der Waals surface area contributed by atoms with E-state index in [1.165, 1.54) is 121 Å². The van der Waals surface area contributed by atoms with E-state index in [-0.39, 0.29) is 111 Å². The third kappa shape index (κ3) is 24.5. The molecule has 0 bridgehead atoms. The summed E-state index contributed by atoms with van der Waals surface area (Å²) in [5.41, 5.74) is 1.06. The number of carbonyl (C=O) groups is 4. The maximum atomic E-state index is 13.7. The molecule has 106 heavy (non-hydrogen) atoms. The van der Waals surface area contributed by atoms with Crippen molar-refractivity contribution in [3.63, 3.8) is 0 Å². The molecule has 0 radical (unpaired) electrons. The predicted molar refractivity (Wildman–Crippen MR) is 362 cm³/mol. The van der Waals surface area contributed by atoms with Crippen molar-refractivity contribution in [1.82, 2.24) is 5.32 Å². The number of phenolic OH excluding ortho intramolecular Hbond substituents is 1. The zero-order chi connectivity index (χ0) is 77.5. The largest absolute Gasteiger partial charge is 0.505 e. The number of aromatic hydroxyl groups is 1. The van der Waals surface area contributed by atoms with Gasteiger partial charge in [0, 0.05) is 5.56 Å². The number of halogens is 8. The molecule has 1 unspecified atom stereocenters. The van der Waals surface area contributed by atoms with Crippen molar-refractivity contribution >= 4 is 23.8 Å². The number of nitrogens with one attached hydrogen (secondary N) is 1. The van der Waals surface area contributed by atoms with Gasteiger partial charge in [-0.2, -0.15) is 36.8 Å². The van der Waals surface area contributed by atoms with Gasteiger partial charge in [0.05, 0.1) is 61.0 Å². The highest BCUT2D eigenvalue weighted by Gasteiger charge is 2.28. The minimum atomic E-state index is -1.26. The molecular formula is C79H54F8N8O11. The first-order valence-electron chi connectivity index (χ1n) is 30.7. The maximum Gasteiger partial charge on any atom is 0.327 e. The Hall–Kier alpha value is -14.9. The fourth-order valence-electron chi connectivity index (χ4n) is 8.58. The lowest BCUT2D eigenvalue weighted by molar-refractivity contribution is -0.143. The number of imide groups is 1. The van der Waals surface area contributed by atoms with E-state index < -0.39 is 75.9 Å². The number of para-hydroxylation sites is 5. The van der Waals surface area contributed by atoms with Crippen LogP contribution in [0.3, 0.4) is 0 Å². The summed E-state index contributed by atoms with van der Waals surface area (Å²) < 4.78 is 135. The number of nitriles is 7. The molecule has 2 N–H and O–H groups in total. The second-order valence-corrected chi connectivity index (χ2v) is 20.4. The fraction of sp³-hybridized carbons (Fsp3) is 0.101. The molecule has 10 aromatic carbocycles. The van der Waals surface area contributed by atoms with Gasteiger partial charge in [-0.15, -0.1) is 0 Å². The number of nitrogens with zero attached hydrogens (tertiary/aromatic N) is 7. The number of fused-ring (bicyclic) bond motifs is 1. The molecule has 1 aliphatic heterocycles. The lowest BCUT2D eigenvalue weighted by atomic mass is 9.95. The van der Waals surface area contributed by atoms with Crippen molar-refractivity contribution < 1.29 is 87.8 Å². The topological polar surface area (TPSA) is 322 Å². The molecule has 10 aromatic rings. The van der Waals surface area contributed by atoms with Gasteiger partial charge < -0.3 is 33.5 Å². The first kappa shape index (κ1) is 81.8. The molecule has 27 heteroatoms. The summed E-state index contributed by atoms with van der Waals surface area (Å²) in [4.78, 5) is 45.3. The van der Waals surface area contributed by atoms with Crippen LogP contribution in [0.1, 0.15) is 75.5 Å². The van der Waals surface area contributed by atoms with E-state index in [9.17, 15) is 64.8 Å². The molecule has 11 rings (SSSR count). The Kier molecular flexibility index (Phi) is 33.2. The summed E-state index contributed by atoms with van der Waals surface area (Å²) in [6.45, 7) is 3.79. The van der Waals surface area contributed by atoms with Crippen LogP contribution in [-0.2, 0) is 36.7 Å². The second-order valence-electron chi connectivity index (χ2n) is 20.4. The minimum absolute atomic E-state index is 0.00222. The van der Waals surface area contributed by atoms with Crippen molar-refractivity contribution in [3.05, 3.63) is 303 Å². The number of hydrogen-bond donors (Lipinski definition) is 2. The molecule has 1 aliphatic rings. The third-order valence-corrected chi connectivity index (χ3v) is 13.3. The lowest BCUT2D eigenvalue weighted by Gasteiger charge is -2.18. The lowest BCUT2D eigenvalue weighted by Crippen LogP contribution is -2.37. The van der Waals surface area contributed by atoms with Gasteiger partial charge in [0.2, 0.25) is 5.91 Å². The average molecular weight is 1440 g/mol. The van der Waals surface area contributed by atoms with Gasteiger partial charge >= 0.3 is 11.9 Å².